The molecular formula is C18H12ClN3. The normalized spacial score (nSPS) is 11.0. The molecule has 4 heteroatoms. The maximum absolute atomic E-state index is 6.28. The second-order valence-electron chi connectivity index (χ2n) is 4.98. The number of benzene rings is 2. The highest BCUT2D eigenvalue weighted by molar-refractivity contribution is 6.33. The Bertz CT molecular complexity index is 928. The number of pyridine rings is 2. The second kappa shape index (κ2) is 5.28. The van der Waals surface area contributed by atoms with Gasteiger partial charge in [0.05, 0.1) is 21.9 Å². The van der Waals surface area contributed by atoms with Crippen molar-refractivity contribution in [3.05, 3.63) is 71.9 Å². The van der Waals surface area contributed by atoms with Gasteiger partial charge in [0.2, 0.25) is 0 Å². The molecule has 0 saturated heterocycles. The second-order valence-corrected chi connectivity index (χ2v) is 5.39. The minimum Gasteiger partial charge on any atom is -0.353 e. The van der Waals surface area contributed by atoms with Gasteiger partial charge in [-0.15, -0.1) is 0 Å². The van der Waals surface area contributed by atoms with Crippen LogP contribution in [-0.4, -0.2) is 9.97 Å². The van der Waals surface area contributed by atoms with Gasteiger partial charge in [0, 0.05) is 17.0 Å². The number of para-hydroxylation sites is 2. The van der Waals surface area contributed by atoms with Crippen LogP contribution in [0.25, 0.3) is 21.9 Å². The summed E-state index contributed by atoms with van der Waals surface area (Å²) in [6.07, 6.45) is 1.75. The Morgan fingerprint density at radius 2 is 1.59 bits per heavy atom. The Morgan fingerprint density at radius 3 is 2.50 bits per heavy atom. The number of rotatable bonds is 2. The van der Waals surface area contributed by atoms with Crippen LogP contribution in [0.4, 0.5) is 11.4 Å². The molecule has 4 aromatic rings. The third kappa shape index (κ3) is 2.16. The molecule has 106 valence electrons. The van der Waals surface area contributed by atoms with Gasteiger partial charge in [0.1, 0.15) is 0 Å². The minimum absolute atomic E-state index is 0.681. The smallest absolute Gasteiger partial charge is 0.161 e. The van der Waals surface area contributed by atoms with Crippen LogP contribution < -0.4 is 5.32 Å². The quantitative estimate of drug-likeness (QED) is 0.518. The zero-order valence-corrected chi connectivity index (χ0v) is 12.4. The highest BCUT2D eigenvalue weighted by Crippen LogP contribution is 2.34. The first kappa shape index (κ1) is 13.0. The number of aromatic nitrogens is 2. The van der Waals surface area contributed by atoms with Gasteiger partial charge in [-0.1, -0.05) is 41.9 Å². The maximum Gasteiger partial charge on any atom is 0.161 e. The zero-order chi connectivity index (χ0) is 14.9. The highest BCUT2D eigenvalue weighted by atomic mass is 35.5. The predicted octanol–water partition coefficient (Wildman–Crippen LogP) is 5.18. The molecule has 4 rings (SSSR count). The molecule has 0 spiro atoms. The fourth-order valence-electron chi connectivity index (χ4n) is 2.55. The summed E-state index contributed by atoms with van der Waals surface area (Å²) < 4.78 is 0. The number of hydrogen-bond donors (Lipinski definition) is 1. The van der Waals surface area contributed by atoms with E-state index in [1.807, 2.05) is 60.7 Å². The summed E-state index contributed by atoms with van der Waals surface area (Å²) in [6, 6.07) is 19.6. The molecule has 22 heavy (non-hydrogen) atoms. The molecular weight excluding hydrogens is 294 g/mol. The van der Waals surface area contributed by atoms with E-state index in [0.717, 1.165) is 33.3 Å². The molecule has 0 amide bonds. The Hall–Kier alpha value is -2.65. The maximum atomic E-state index is 6.28. The van der Waals surface area contributed by atoms with Crippen molar-refractivity contribution in [1.82, 2.24) is 9.97 Å². The molecule has 3 nitrogen and oxygen atoms in total. The third-order valence-corrected chi connectivity index (χ3v) is 3.92. The molecule has 0 aliphatic heterocycles. The minimum atomic E-state index is 0.681. The number of anilines is 2. The fourth-order valence-corrected chi connectivity index (χ4v) is 2.74. The van der Waals surface area contributed by atoms with Crippen molar-refractivity contribution in [1.29, 1.82) is 0 Å². The van der Waals surface area contributed by atoms with E-state index in [2.05, 4.69) is 15.3 Å². The summed E-state index contributed by atoms with van der Waals surface area (Å²) in [7, 11) is 0. The summed E-state index contributed by atoms with van der Waals surface area (Å²) >= 11 is 6.28. The first-order valence-electron chi connectivity index (χ1n) is 6.98. The highest BCUT2D eigenvalue weighted by Gasteiger charge is 2.10. The van der Waals surface area contributed by atoms with Crippen molar-refractivity contribution in [2.75, 3.05) is 5.32 Å². The van der Waals surface area contributed by atoms with Gasteiger partial charge in [0.15, 0.2) is 5.65 Å². The summed E-state index contributed by atoms with van der Waals surface area (Å²) in [6.45, 7) is 0. The Kier molecular flexibility index (Phi) is 3.13. The van der Waals surface area contributed by atoms with E-state index in [1.54, 1.807) is 6.20 Å². The lowest BCUT2D eigenvalue weighted by Crippen LogP contribution is -1.96. The lowest BCUT2D eigenvalue weighted by atomic mass is 10.1. The van der Waals surface area contributed by atoms with Crippen LogP contribution in [0.2, 0.25) is 5.02 Å². The van der Waals surface area contributed by atoms with E-state index in [4.69, 9.17) is 11.6 Å². The molecule has 2 aromatic carbocycles. The van der Waals surface area contributed by atoms with E-state index < -0.39 is 0 Å². The molecule has 1 N–H and O–H groups in total. The third-order valence-electron chi connectivity index (χ3n) is 3.59. The van der Waals surface area contributed by atoms with Crippen molar-refractivity contribution in [2.45, 2.75) is 0 Å². The molecule has 0 atom stereocenters. The fraction of sp³-hybridized carbons (Fsp3) is 0. The molecule has 2 heterocycles. The molecule has 0 aliphatic carbocycles. The number of nitrogens with zero attached hydrogens (tertiary/aromatic N) is 2. The zero-order valence-electron chi connectivity index (χ0n) is 11.6. The molecule has 0 saturated carbocycles. The number of halogens is 1. The molecule has 2 aromatic heterocycles. The van der Waals surface area contributed by atoms with Crippen LogP contribution in [0.5, 0.6) is 0 Å². The first-order chi connectivity index (χ1) is 10.8. The number of fused-ring (bicyclic) bond motifs is 2. The van der Waals surface area contributed by atoms with Crippen LogP contribution >= 0.6 is 11.6 Å². The van der Waals surface area contributed by atoms with Gasteiger partial charge in [0.25, 0.3) is 0 Å². The van der Waals surface area contributed by atoms with Gasteiger partial charge in [-0.25, -0.2) is 9.97 Å². The van der Waals surface area contributed by atoms with Gasteiger partial charge in [-0.3, -0.25) is 0 Å². The largest absolute Gasteiger partial charge is 0.353 e. The molecule has 0 unspecified atom stereocenters. The van der Waals surface area contributed by atoms with Crippen molar-refractivity contribution in [3.8, 4) is 0 Å². The van der Waals surface area contributed by atoms with Gasteiger partial charge >= 0.3 is 0 Å². The van der Waals surface area contributed by atoms with Crippen molar-refractivity contribution in [2.24, 2.45) is 0 Å². The van der Waals surface area contributed by atoms with Crippen LogP contribution in [0.15, 0.2) is 66.9 Å². The molecule has 0 fully saturated rings. The molecule has 0 radical (unpaired) electrons. The summed E-state index contributed by atoms with van der Waals surface area (Å²) in [5, 5.41) is 6.14. The van der Waals surface area contributed by atoms with Crippen LogP contribution in [0.3, 0.4) is 0 Å². The lowest BCUT2D eigenvalue weighted by Gasteiger charge is -2.13. The van der Waals surface area contributed by atoms with Crippen molar-refractivity contribution in [3.63, 3.8) is 0 Å². The van der Waals surface area contributed by atoms with Crippen molar-refractivity contribution < 1.29 is 0 Å². The predicted molar refractivity (Wildman–Crippen MR) is 91.8 cm³/mol. The molecule has 0 aliphatic rings. The number of hydrogen-bond acceptors (Lipinski definition) is 3. The summed E-state index contributed by atoms with van der Waals surface area (Å²) in [5.74, 6) is 0. The van der Waals surface area contributed by atoms with E-state index >= 15 is 0 Å². The Labute approximate surface area is 132 Å². The van der Waals surface area contributed by atoms with E-state index in [9.17, 15) is 0 Å². The standard InChI is InChI=1S/C18H12ClN3/c19-14-8-2-4-10-16(14)21-17-12-6-1-3-9-15(12)22-18-13(17)7-5-11-20-18/h1-11H,(H,20,21,22). The van der Waals surface area contributed by atoms with E-state index in [1.165, 1.54) is 0 Å². The van der Waals surface area contributed by atoms with Gasteiger partial charge in [-0.05, 0) is 30.3 Å². The average Bonchev–Trinajstić information content (AvgIpc) is 2.56. The van der Waals surface area contributed by atoms with Crippen LogP contribution in [-0.2, 0) is 0 Å². The Morgan fingerprint density at radius 1 is 0.818 bits per heavy atom. The first-order valence-corrected chi connectivity index (χ1v) is 7.36. The topological polar surface area (TPSA) is 37.8 Å². The van der Waals surface area contributed by atoms with Crippen LogP contribution in [0, 0.1) is 0 Å². The average molecular weight is 306 g/mol. The van der Waals surface area contributed by atoms with Crippen molar-refractivity contribution >= 4 is 44.9 Å². The SMILES string of the molecule is Clc1ccccc1Nc1c2ccccc2nc2ncccc12. The van der Waals surface area contributed by atoms with Crippen LogP contribution in [0.1, 0.15) is 0 Å². The Balaban J connectivity index is 2.02. The van der Waals surface area contributed by atoms with Gasteiger partial charge < -0.3 is 5.32 Å². The van der Waals surface area contributed by atoms with Gasteiger partial charge in [-0.2, -0.15) is 0 Å². The lowest BCUT2D eigenvalue weighted by molar-refractivity contribution is 1.32. The monoisotopic (exact) mass is 305 g/mol. The molecule has 0 bridgehead atoms. The van der Waals surface area contributed by atoms with E-state index in [-0.39, 0.29) is 0 Å². The summed E-state index contributed by atoms with van der Waals surface area (Å²) in [5.41, 5.74) is 3.46. The number of nitrogens with one attached hydrogen (secondary N) is 1. The van der Waals surface area contributed by atoms with E-state index in [0.29, 0.717) is 5.02 Å². The summed E-state index contributed by atoms with van der Waals surface area (Å²) in [4.78, 5) is 8.99.